The van der Waals surface area contributed by atoms with Gasteiger partial charge in [0.15, 0.2) is 0 Å². The van der Waals surface area contributed by atoms with Gasteiger partial charge in [0.05, 0.1) is 12.6 Å². The number of carbonyl (C=O) groups excluding carboxylic acids is 1. The average Bonchev–Trinajstić information content (AvgIpc) is 2.26. The van der Waals surface area contributed by atoms with Crippen molar-refractivity contribution in [2.45, 2.75) is 25.9 Å². The number of carboxylic acid groups (broad SMARTS) is 1. The maximum absolute atomic E-state index is 11.0. The van der Waals surface area contributed by atoms with Crippen LogP contribution in [-0.4, -0.2) is 28.4 Å². The molecule has 16 heavy (non-hydrogen) atoms. The summed E-state index contributed by atoms with van der Waals surface area (Å²) in [7, 11) is 0. The minimum absolute atomic E-state index is 0.300. The smallest absolute Gasteiger partial charge is 0.408 e. The van der Waals surface area contributed by atoms with Crippen LogP contribution in [0.4, 0.5) is 4.79 Å². The molecule has 0 aromatic heterocycles. The number of hydrogen-bond donors (Lipinski definition) is 1. The number of aldehydes is 1. The zero-order valence-electron chi connectivity index (χ0n) is 9.01. The van der Waals surface area contributed by atoms with Gasteiger partial charge in [-0.2, -0.15) is 0 Å². The molecular weight excluding hydrogens is 206 g/mol. The van der Waals surface area contributed by atoms with E-state index in [1.807, 2.05) is 25.1 Å². The first-order valence-corrected chi connectivity index (χ1v) is 5.15. The van der Waals surface area contributed by atoms with E-state index in [0.29, 0.717) is 19.3 Å². The second-order valence-electron chi connectivity index (χ2n) is 4.09. The average molecular weight is 219 g/mol. The number of hydrogen-bond acceptors (Lipinski definition) is 2. The molecule has 0 radical (unpaired) electrons. The van der Waals surface area contributed by atoms with E-state index in [1.165, 1.54) is 4.90 Å². The van der Waals surface area contributed by atoms with Crippen molar-refractivity contribution >= 4 is 12.4 Å². The summed E-state index contributed by atoms with van der Waals surface area (Å²) in [6.07, 6.45) is 0.148. The first-order valence-electron chi connectivity index (χ1n) is 5.15. The van der Waals surface area contributed by atoms with Crippen LogP contribution in [0.2, 0.25) is 0 Å². The van der Waals surface area contributed by atoms with E-state index in [4.69, 9.17) is 5.11 Å². The molecule has 0 spiro atoms. The largest absolute Gasteiger partial charge is 0.465 e. The molecule has 1 aromatic rings. The topological polar surface area (TPSA) is 57.6 Å². The van der Waals surface area contributed by atoms with Crippen LogP contribution in [0.3, 0.4) is 0 Å². The third kappa shape index (κ3) is 1.78. The predicted octanol–water partition coefficient (Wildman–Crippen LogP) is 1.60. The Kier molecular flexibility index (Phi) is 2.64. The van der Waals surface area contributed by atoms with Crippen molar-refractivity contribution in [3.05, 3.63) is 34.9 Å². The van der Waals surface area contributed by atoms with Gasteiger partial charge in [0.2, 0.25) is 0 Å². The van der Waals surface area contributed by atoms with Gasteiger partial charge in [-0.05, 0) is 18.1 Å². The Morgan fingerprint density at radius 1 is 1.50 bits per heavy atom. The van der Waals surface area contributed by atoms with Crippen LogP contribution in [0, 0.1) is 6.92 Å². The van der Waals surface area contributed by atoms with Crippen LogP contribution in [0.25, 0.3) is 0 Å². The van der Waals surface area contributed by atoms with Gasteiger partial charge in [-0.15, -0.1) is 0 Å². The van der Waals surface area contributed by atoms with E-state index in [9.17, 15) is 9.59 Å². The summed E-state index contributed by atoms with van der Waals surface area (Å²) in [4.78, 5) is 23.0. The first-order chi connectivity index (χ1) is 7.61. The lowest BCUT2D eigenvalue weighted by Crippen LogP contribution is -2.44. The Balaban J connectivity index is 2.37. The van der Waals surface area contributed by atoms with Crippen LogP contribution in [0.15, 0.2) is 18.2 Å². The molecule has 0 saturated carbocycles. The van der Waals surface area contributed by atoms with Gasteiger partial charge in [-0.25, -0.2) is 4.79 Å². The number of benzene rings is 1. The third-order valence-electron chi connectivity index (χ3n) is 2.93. The summed E-state index contributed by atoms with van der Waals surface area (Å²) >= 11 is 0. The fourth-order valence-corrected chi connectivity index (χ4v) is 2.07. The quantitative estimate of drug-likeness (QED) is 0.730. The van der Waals surface area contributed by atoms with Crippen molar-refractivity contribution in [3.63, 3.8) is 0 Å². The highest BCUT2D eigenvalue weighted by molar-refractivity contribution is 5.73. The molecule has 84 valence electrons. The van der Waals surface area contributed by atoms with E-state index < -0.39 is 12.1 Å². The lowest BCUT2D eigenvalue weighted by Gasteiger charge is -2.31. The number of aryl methyl sites for hydroxylation is 1. The number of fused-ring (bicyclic) bond motifs is 1. The van der Waals surface area contributed by atoms with Crippen molar-refractivity contribution in [1.29, 1.82) is 0 Å². The van der Waals surface area contributed by atoms with Crippen LogP contribution in [0.1, 0.15) is 16.7 Å². The summed E-state index contributed by atoms with van der Waals surface area (Å²) in [6.45, 7) is 2.29. The monoisotopic (exact) mass is 219 g/mol. The molecule has 4 nitrogen and oxygen atoms in total. The summed E-state index contributed by atoms with van der Waals surface area (Å²) in [5.41, 5.74) is 3.20. The SMILES string of the molecule is Cc1ccc2c(c1)CC(C=O)N(C(=O)O)C2. The summed E-state index contributed by atoms with van der Waals surface area (Å²) in [5, 5.41) is 8.99. The second-order valence-corrected chi connectivity index (χ2v) is 4.09. The molecule has 1 aliphatic rings. The van der Waals surface area contributed by atoms with Crippen molar-refractivity contribution in [2.75, 3.05) is 0 Å². The van der Waals surface area contributed by atoms with E-state index in [2.05, 4.69) is 0 Å². The molecule has 1 aliphatic heterocycles. The minimum Gasteiger partial charge on any atom is -0.465 e. The molecule has 0 bridgehead atoms. The number of amides is 1. The fraction of sp³-hybridized carbons (Fsp3) is 0.333. The molecule has 1 unspecified atom stereocenters. The standard InChI is InChI=1S/C12H13NO3/c1-8-2-3-9-6-13(12(15)16)11(7-14)5-10(9)4-8/h2-4,7,11H,5-6H2,1H3,(H,15,16). The molecule has 1 N–H and O–H groups in total. The Labute approximate surface area is 93.5 Å². The van der Waals surface area contributed by atoms with Crippen molar-refractivity contribution < 1.29 is 14.7 Å². The molecule has 0 fully saturated rings. The van der Waals surface area contributed by atoms with Crippen LogP contribution < -0.4 is 0 Å². The van der Waals surface area contributed by atoms with Gasteiger partial charge in [0.1, 0.15) is 6.29 Å². The van der Waals surface area contributed by atoms with E-state index in [-0.39, 0.29) is 0 Å². The van der Waals surface area contributed by atoms with Crippen LogP contribution >= 0.6 is 0 Å². The highest BCUT2D eigenvalue weighted by atomic mass is 16.4. The predicted molar refractivity (Wildman–Crippen MR) is 58.3 cm³/mol. The molecule has 1 amide bonds. The van der Waals surface area contributed by atoms with Gasteiger partial charge in [0.25, 0.3) is 0 Å². The number of rotatable bonds is 1. The van der Waals surface area contributed by atoms with E-state index in [1.54, 1.807) is 0 Å². The van der Waals surface area contributed by atoms with Crippen molar-refractivity contribution in [1.82, 2.24) is 4.90 Å². The molecular formula is C12H13NO3. The Morgan fingerprint density at radius 2 is 2.25 bits per heavy atom. The summed E-state index contributed by atoms with van der Waals surface area (Å²) < 4.78 is 0. The highest BCUT2D eigenvalue weighted by Gasteiger charge is 2.29. The minimum atomic E-state index is -1.04. The second kappa shape index (κ2) is 3.96. The van der Waals surface area contributed by atoms with Crippen LogP contribution in [-0.2, 0) is 17.8 Å². The van der Waals surface area contributed by atoms with Gasteiger partial charge >= 0.3 is 6.09 Å². The summed E-state index contributed by atoms with van der Waals surface area (Å²) in [6, 6.07) is 5.36. The van der Waals surface area contributed by atoms with Crippen LogP contribution in [0.5, 0.6) is 0 Å². The van der Waals surface area contributed by atoms with Gasteiger partial charge in [-0.3, -0.25) is 4.90 Å². The third-order valence-corrected chi connectivity index (χ3v) is 2.93. The fourth-order valence-electron chi connectivity index (χ4n) is 2.07. The van der Waals surface area contributed by atoms with Crippen molar-refractivity contribution in [3.8, 4) is 0 Å². The molecule has 4 heteroatoms. The van der Waals surface area contributed by atoms with Gasteiger partial charge in [-0.1, -0.05) is 23.8 Å². The maximum atomic E-state index is 11.0. The molecule has 0 aliphatic carbocycles. The normalized spacial score (nSPS) is 19.1. The molecule has 2 rings (SSSR count). The number of carbonyl (C=O) groups is 2. The Hall–Kier alpha value is -1.84. The molecule has 1 atom stereocenters. The summed E-state index contributed by atoms with van der Waals surface area (Å²) in [5.74, 6) is 0. The van der Waals surface area contributed by atoms with E-state index in [0.717, 1.165) is 16.7 Å². The highest BCUT2D eigenvalue weighted by Crippen LogP contribution is 2.23. The molecule has 1 heterocycles. The lowest BCUT2D eigenvalue weighted by atomic mass is 9.93. The zero-order valence-corrected chi connectivity index (χ0v) is 9.01. The van der Waals surface area contributed by atoms with Gasteiger partial charge < -0.3 is 9.90 Å². The molecule has 0 saturated heterocycles. The molecule has 1 aromatic carbocycles. The van der Waals surface area contributed by atoms with E-state index >= 15 is 0 Å². The lowest BCUT2D eigenvalue weighted by molar-refractivity contribution is -0.112. The van der Waals surface area contributed by atoms with Crippen molar-refractivity contribution in [2.24, 2.45) is 0 Å². The zero-order chi connectivity index (χ0) is 11.7. The van der Waals surface area contributed by atoms with Gasteiger partial charge in [0, 0.05) is 6.42 Å². The Bertz CT molecular complexity index is 442. The Morgan fingerprint density at radius 3 is 2.88 bits per heavy atom. The maximum Gasteiger partial charge on any atom is 0.408 e. The number of nitrogens with zero attached hydrogens (tertiary/aromatic N) is 1. The first kappa shape index (κ1) is 10.7.